The molecule has 7 nitrogen and oxygen atoms in total. The molecule has 0 aliphatic carbocycles. The van der Waals surface area contributed by atoms with Crippen LogP contribution in [0.3, 0.4) is 0 Å². The first-order valence-electron chi connectivity index (χ1n) is 10.2. The number of benzene rings is 2. The summed E-state index contributed by atoms with van der Waals surface area (Å²) in [6.07, 6.45) is -3.76. The van der Waals surface area contributed by atoms with Gasteiger partial charge in [-0.3, -0.25) is 9.59 Å². The van der Waals surface area contributed by atoms with Crippen molar-refractivity contribution in [2.75, 3.05) is 0 Å². The summed E-state index contributed by atoms with van der Waals surface area (Å²) in [6.45, 7) is 3.91. The molecule has 0 aromatic heterocycles. The summed E-state index contributed by atoms with van der Waals surface area (Å²) in [7, 11) is 0. The number of amides is 1. The molecular weight excluding hydrogens is 386 g/mol. The second kappa shape index (κ2) is 11.1. The average molecular weight is 418 g/mol. The monoisotopic (exact) mass is 417 g/mol. The third-order valence-corrected chi connectivity index (χ3v) is 5.20. The number of aliphatic hydroxyl groups excluding tert-OH is 2. The number of carbonyl (C=O) groups is 2. The van der Waals surface area contributed by atoms with Crippen LogP contribution in [0.2, 0.25) is 0 Å². The number of carbonyl (C=O) groups excluding carboxylic acids is 2. The molecule has 1 amide bonds. The lowest BCUT2D eigenvalue weighted by molar-refractivity contribution is -0.184. The third kappa shape index (κ3) is 6.52. The minimum absolute atomic E-state index is 0.0197. The van der Waals surface area contributed by atoms with Crippen LogP contribution in [0.1, 0.15) is 38.7 Å². The molecule has 0 aliphatic heterocycles. The number of esters is 1. The summed E-state index contributed by atoms with van der Waals surface area (Å²) in [5.74, 6) is -2.88. The molecule has 0 saturated carbocycles. The molecule has 0 radical (unpaired) electrons. The highest BCUT2D eigenvalue weighted by atomic mass is 16.6. The molecule has 3 unspecified atom stereocenters. The zero-order valence-electron chi connectivity index (χ0n) is 17.4. The number of aryl methyl sites for hydroxylation is 1. The van der Waals surface area contributed by atoms with Gasteiger partial charge in [0.2, 0.25) is 0 Å². The molecule has 0 heterocycles. The van der Waals surface area contributed by atoms with Gasteiger partial charge in [0.25, 0.3) is 5.91 Å². The molecule has 3 atom stereocenters. The maximum absolute atomic E-state index is 12.4. The Morgan fingerprint density at radius 2 is 1.67 bits per heavy atom. The van der Waals surface area contributed by atoms with Gasteiger partial charge < -0.3 is 25.8 Å². The highest BCUT2D eigenvalue weighted by Crippen LogP contribution is 2.23. The largest absolute Gasteiger partial charge is 0.452 e. The number of nitrogens with two attached hydrogens (primary N) is 1. The topological polar surface area (TPSA) is 130 Å². The summed E-state index contributed by atoms with van der Waals surface area (Å²) in [6, 6.07) is 13.6. The van der Waals surface area contributed by atoms with Gasteiger partial charge in [-0.2, -0.15) is 0 Å². The number of hydrogen-bond acceptors (Lipinski definition) is 6. The minimum atomic E-state index is -2.06. The van der Waals surface area contributed by atoms with Crippen LogP contribution in [0.15, 0.2) is 42.5 Å². The lowest BCUT2D eigenvalue weighted by Gasteiger charge is -2.30. The van der Waals surface area contributed by atoms with E-state index in [0.29, 0.717) is 12.8 Å². The maximum Gasteiger partial charge on any atom is 0.306 e. The number of rotatable bonds is 11. The van der Waals surface area contributed by atoms with Crippen molar-refractivity contribution in [2.24, 2.45) is 17.6 Å². The Kier molecular flexibility index (Phi) is 8.77. The molecule has 164 valence electrons. The van der Waals surface area contributed by atoms with Crippen LogP contribution in [0.4, 0.5) is 0 Å². The van der Waals surface area contributed by atoms with Crippen LogP contribution < -0.4 is 5.73 Å². The van der Waals surface area contributed by atoms with Gasteiger partial charge in [-0.15, -0.1) is 0 Å². The molecular formula is C23H31NO6. The van der Waals surface area contributed by atoms with E-state index in [4.69, 9.17) is 10.5 Å². The molecule has 5 N–H and O–H groups in total. The lowest BCUT2D eigenvalue weighted by atomic mass is 9.89. The van der Waals surface area contributed by atoms with Gasteiger partial charge in [0, 0.05) is 6.42 Å². The minimum Gasteiger partial charge on any atom is -0.452 e. The van der Waals surface area contributed by atoms with Crippen LogP contribution in [0.5, 0.6) is 0 Å². The Balaban J connectivity index is 2.07. The first-order valence-corrected chi connectivity index (χ1v) is 10.2. The number of hydrogen-bond donors (Lipinski definition) is 4. The van der Waals surface area contributed by atoms with Crippen molar-refractivity contribution in [3.8, 4) is 0 Å². The van der Waals surface area contributed by atoms with E-state index >= 15 is 0 Å². The standard InChI is InChI=1S/C23H31NO6/c1-14(2)10-12-18(25)20(23(28)29)21(22(24)27)30-19(26)13-11-16-8-5-7-15-6-3-4-9-17(15)16/h3-9,14,18,20-21,23,25,28-29H,10-13H2,1-2H3,(H2,24,27). The fraction of sp³-hybridized carbons (Fsp3) is 0.478. The summed E-state index contributed by atoms with van der Waals surface area (Å²) < 4.78 is 5.20. The first-order chi connectivity index (χ1) is 14.2. The highest BCUT2D eigenvalue weighted by molar-refractivity contribution is 5.86. The van der Waals surface area contributed by atoms with Gasteiger partial charge in [0.05, 0.1) is 12.0 Å². The highest BCUT2D eigenvalue weighted by Gasteiger charge is 2.39. The van der Waals surface area contributed by atoms with Crippen molar-refractivity contribution < 1.29 is 29.6 Å². The summed E-state index contributed by atoms with van der Waals surface area (Å²) in [5.41, 5.74) is 6.30. The van der Waals surface area contributed by atoms with E-state index in [1.807, 2.05) is 56.3 Å². The molecule has 0 bridgehead atoms. The van der Waals surface area contributed by atoms with Gasteiger partial charge >= 0.3 is 5.97 Å². The molecule has 0 saturated heterocycles. The smallest absolute Gasteiger partial charge is 0.306 e. The van der Waals surface area contributed by atoms with E-state index in [-0.39, 0.29) is 18.8 Å². The van der Waals surface area contributed by atoms with E-state index in [1.165, 1.54) is 0 Å². The predicted molar refractivity (Wildman–Crippen MR) is 113 cm³/mol. The molecule has 0 fully saturated rings. The summed E-state index contributed by atoms with van der Waals surface area (Å²) in [4.78, 5) is 24.3. The lowest BCUT2D eigenvalue weighted by Crippen LogP contribution is -2.49. The Bertz CT molecular complexity index is 845. The zero-order chi connectivity index (χ0) is 22.3. The van der Waals surface area contributed by atoms with Gasteiger partial charge in [-0.25, -0.2) is 0 Å². The number of primary amides is 1. The number of aliphatic hydroxyl groups is 3. The van der Waals surface area contributed by atoms with Crippen LogP contribution in [0.25, 0.3) is 10.8 Å². The SMILES string of the molecule is CC(C)CCC(O)C(C(O)O)C(OC(=O)CCc1cccc2ccccc12)C(N)=O. The molecule has 0 aliphatic rings. The normalized spacial score (nSPS) is 14.6. The average Bonchev–Trinajstić information content (AvgIpc) is 2.69. The quantitative estimate of drug-likeness (QED) is 0.326. The van der Waals surface area contributed by atoms with Crippen molar-refractivity contribution in [1.29, 1.82) is 0 Å². The van der Waals surface area contributed by atoms with Crippen molar-refractivity contribution in [1.82, 2.24) is 0 Å². The van der Waals surface area contributed by atoms with Crippen molar-refractivity contribution in [3.63, 3.8) is 0 Å². The Morgan fingerprint density at radius 1 is 1.00 bits per heavy atom. The Morgan fingerprint density at radius 3 is 2.30 bits per heavy atom. The van der Waals surface area contributed by atoms with E-state index < -0.39 is 36.3 Å². The van der Waals surface area contributed by atoms with Gasteiger partial charge in [0.1, 0.15) is 0 Å². The number of ether oxygens (including phenoxy) is 1. The first kappa shape index (κ1) is 23.8. The molecule has 2 rings (SSSR count). The molecule has 7 heteroatoms. The zero-order valence-corrected chi connectivity index (χ0v) is 17.4. The van der Waals surface area contributed by atoms with Crippen LogP contribution >= 0.6 is 0 Å². The van der Waals surface area contributed by atoms with Crippen LogP contribution in [-0.2, 0) is 20.7 Å². The molecule has 0 spiro atoms. The van der Waals surface area contributed by atoms with Crippen molar-refractivity contribution >= 4 is 22.6 Å². The van der Waals surface area contributed by atoms with Crippen molar-refractivity contribution in [2.45, 2.75) is 58.0 Å². The van der Waals surface area contributed by atoms with E-state index in [1.54, 1.807) is 0 Å². The fourth-order valence-electron chi connectivity index (χ4n) is 3.53. The second-order valence-corrected chi connectivity index (χ2v) is 7.98. The van der Waals surface area contributed by atoms with E-state index in [9.17, 15) is 24.9 Å². The van der Waals surface area contributed by atoms with Gasteiger partial charge in [-0.1, -0.05) is 56.3 Å². The second-order valence-electron chi connectivity index (χ2n) is 7.98. The van der Waals surface area contributed by atoms with E-state index in [0.717, 1.165) is 16.3 Å². The van der Waals surface area contributed by atoms with E-state index in [2.05, 4.69) is 0 Å². The van der Waals surface area contributed by atoms with Crippen LogP contribution in [0, 0.1) is 11.8 Å². The maximum atomic E-state index is 12.4. The Hall–Kier alpha value is -2.48. The summed E-state index contributed by atoms with van der Waals surface area (Å²) in [5, 5.41) is 31.8. The van der Waals surface area contributed by atoms with Gasteiger partial charge in [-0.05, 0) is 41.5 Å². The molecule has 30 heavy (non-hydrogen) atoms. The predicted octanol–water partition coefficient (Wildman–Crippen LogP) is 1.89. The van der Waals surface area contributed by atoms with Gasteiger partial charge in [0.15, 0.2) is 12.4 Å². The van der Waals surface area contributed by atoms with Crippen LogP contribution in [-0.4, -0.2) is 45.7 Å². The Labute approximate surface area is 176 Å². The van der Waals surface area contributed by atoms with Crippen molar-refractivity contribution in [3.05, 3.63) is 48.0 Å². The fourth-order valence-corrected chi connectivity index (χ4v) is 3.53. The molecule has 2 aromatic carbocycles. The third-order valence-electron chi connectivity index (χ3n) is 5.20. The summed E-state index contributed by atoms with van der Waals surface area (Å²) >= 11 is 0. The molecule has 2 aromatic rings. The number of fused-ring (bicyclic) bond motifs is 1.